The van der Waals surface area contributed by atoms with Gasteiger partial charge in [-0.3, -0.25) is 4.79 Å². The van der Waals surface area contributed by atoms with Gasteiger partial charge >= 0.3 is 0 Å². The summed E-state index contributed by atoms with van der Waals surface area (Å²) >= 11 is 0. The molecule has 0 saturated heterocycles. The molecule has 0 aromatic carbocycles. The molecule has 0 bridgehead atoms. The number of carbonyl (C=O) groups excluding carboxylic acids is 1. The first-order chi connectivity index (χ1) is 5.26. The number of hydrogen-bond acceptors (Lipinski definition) is 2. The molecule has 1 aromatic rings. The van der Waals surface area contributed by atoms with Crippen molar-refractivity contribution in [1.29, 1.82) is 0 Å². The number of hydrogen-bond donors (Lipinski definition) is 0. The van der Waals surface area contributed by atoms with Gasteiger partial charge in [0.1, 0.15) is 11.5 Å². The second kappa shape index (κ2) is 1.97. The van der Waals surface area contributed by atoms with Crippen molar-refractivity contribution in [2.24, 2.45) is 0 Å². The summed E-state index contributed by atoms with van der Waals surface area (Å²) in [6, 6.07) is 3.72. The van der Waals surface area contributed by atoms with Gasteiger partial charge in [0.05, 0.1) is 11.7 Å². The molecule has 0 radical (unpaired) electrons. The van der Waals surface area contributed by atoms with Crippen LogP contribution in [0.2, 0.25) is 0 Å². The molecule has 0 amide bonds. The summed E-state index contributed by atoms with van der Waals surface area (Å²) in [6.07, 6.45) is 3.53. The maximum Gasteiger partial charge on any atom is 0.143 e. The molecule has 0 atom stereocenters. The van der Waals surface area contributed by atoms with E-state index in [2.05, 4.69) is 0 Å². The van der Waals surface area contributed by atoms with E-state index in [1.807, 2.05) is 12.1 Å². The lowest BCUT2D eigenvalue weighted by Gasteiger charge is -2.05. The molecule has 1 heterocycles. The average Bonchev–Trinajstić information content (AvgIpc) is 2.61. The lowest BCUT2D eigenvalue weighted by atomic mass is 9.99. The average molecular weight is 150 g/mol. The topological polar surface area (TPSA) is 30.2 Å². The molecule has 0 unspecified atom stereocenters. The fourth-order valence-corrected chi connectivity index (χ4v) is 1.45. The Bertz CT molecular complexity index is 268. The summed E-state index contributed by atoms with van der Waals surface area (Å²) in [5.74, 6) is 1.07. The van der Waals surface area contributed by atoms with Crippen LogP contribution in [0.4, 0.5) is 0 Å². The highest BCUT2D eigenvalue weighted by molar-refractivity contribution is 5.90. The molecule has 58 valence electrons. The van der Waals surface area contributed by atoms with E-state index in [1.165, 1.54) is 0 Å². The van der Waals surface area contributed by atoms with E-state index in [4.69, 9.17) is 4.42 Å². The van der Waals surface area contributed by atoms with Gasteiger partial charge in [-0.25, -0.2) is 0 Å². The predicted molar refractivity (Wildman–Crippen MR) is 40.3 cm³/mol. The summed E-state index contributed by atoms with van der Waals surface area (Å²) in [5, 5.41) is 0. The Morgan fingerprint density at radius 3 is 2.73 bits per heavy atom. The van der Waals surface area contributed by atoms with E-state index >= 15 is 0 Å². The zero-order valence-corrected chi connectivity index (χ0v) is 6.46. The van der Waals surface area contributed by atoms with Crippen molar-refractivity contribution in [3.05, 3.63) is 24.2 Å². The summed E-state index contributed by atoms with van der Waals surface area (Å²) in [6.45, 7) is 1.63. The van der Waals surface area contributed by atoms with Crippen molar-refractivity contribution in [1.82, 2.24) is 0 Å². The van der Waals surface area contributed by atoms with Crippen LogP contribution in [0.3, 0.4) is 0 Å². The molecule has 2 heteroatoms. The molecule has 1 aliphatic carbocycles. The first-order valence-electron chi connectivity index (χ1n) is 3.81. The van der Waals surface area contributed by atoms with E-state index < -0.39 is 0 Å². The van der Waals surface area contributed by atoms with Crippen molar-refractivity contribution in [3.63, 3.8) is 0 Å². The van der Waals surface area contributed by atoms with Gasteiger partial charge in [0.2, 0.25) is 0 Å². The molecule has 1 aromatic heterocycles. The minimum atomic E-state index is -0.233. The smallest absolute Gasteiger partial charge is 0.143 e. The Morgan fingerprint density at radius 1 is 1.64 bits per heavy atom. The van der Waals surface area contributed by atoms with Crippen LogP contribution in [0.5, 0.6) is 0 Å². The normalized spacial score (nSPS) is 19.7. The molecular weight excluding hydrogens is 140 g/mol. The standard InChI is InChI=1S/C9H10O2/c1-7(10)9(4-5-9)8-3-2-6-11-8/h2-3,6H,4-5H2,1H3. The van der Waals surface area contributed by atoms with Crippen molar-refractivity contribution in [3.8, 4) is 0 Å². The van der Waals surface area contributed by atoms with Crippen LogP contribution in [0.15, 0.2) is 22.8 Å². The van der Waals surface area contributed by atoms with Gasteiger partial charge in [-0.05, 0) is 31.9 Å². The largest absolute Gasteiger partial charge is 0.468 e. The molecule has 2 nitrogen and oxygen atoms in total. The van der Waals surface area contributed by atoms with Gasteiger partial charge < -0.3 is 4.42 Å². The van der Waals surface area contributed by atoms with Gasteiger partial charge in [0.15, 0.2) is 0 Å². The third-order valence-corrected chi connectivity index (χ3v) is 2.42. The first kappa shape index (κ1) is 6.65. The fraction of sp³-hybridized carbons (Fsp3) is 0.444. The number of carbonyl (C=O) groups is 1. The van der Waals surface area contributed by atoms with E-state index in [9.17, 15) is 4.79 Å². The minimum Gasteiger partial charge on any atom is -0.468 e. The summed E-state index contributed by atoms with van der Waals surface area (Å²) < 4.78 is 5.20. The molecule has 2 rings (SSSR count). The Kier molecular flexibility index (Phi) is 1.19. The van der Waals surface area contributed by atoms with Gasteiger partial charge in [0.25, 0.3) is 0 Å². The van der Waals surface area contributed by atoms with Gasteiger partial charge in [-0.2, -0.15) is 0 Å². The van der Waals surface area contributed by atoms with Crippen LogP contribution < -0.4 is 0 Å². The number of furan rings is 1. The van der Waals surface area contributed by atoms with E-state index in [-0.39, 0.29) is 11.2 Å². The summed E-state index contributed by atoms with van der Waals surface area (Å²) in [7, 11) is 0. The second-order valence-electron chi connectivity index (χ2n) is 3.12. The minimum absolute atomic E-state index is 0.229. The Balaban J connectivity index is 2.36. The van der Waals surface area contributed by atoms with Crippen LogP contribution >= 0.6 is 0 Å². The van der Waals surface area contributed by atoms with Crippen molar-refractivity contribution < 1.29 is 9.21 Å². The maximum atomic E-state index is 11.2. The molecule has 0 aliphatic heterocycles. The fourth-order valence-electron chi connectivity index (χ4n) is 1.45. The van der Waals surface area contributed by atoms with Crippen molar-refractivity contribution >= 4 is 5.78 Å². The zero-order chi connectivity index (χ0) is 7.90. The van der Waals surface area contributed by atoms with Crippen LogP contribution in [0, 0.1) is 0 Å². The highest BCUT2D eigenvalue weighted by Gasteiger charge is 2.51. The van der Waals surface area contributed by atoms with Crippen LogP contribution in [-0.4, -0.2) is 5.78 Å². The molecular formula is C9H10O2. The first-order valence-corrected chi connectivity index (χ1v) is 3.81. The third kappa shape index (κ3) is 0.821. The Labute approximate surface area is 65.2 Å². The third-order valence-electron chi connectivity index (χ3n) is 2.42. The van der Waals surface area contributed by atoms with Crippen molar-refractivity contribution in [2.75, 3.05) is 0 Å². The molecule has 0 spiro atoms. The lowest BCUT2D eigenvalue weighted by Crippen LogP contribution is -2.15. The molecule has 1 fully saturated rings. The predicted octanol–water partition coefficient (Wildman–Crippen LogP) is 1.90. The molecule has 0 N–H and O–H groups in total. The van der Waals surface area contributed by atoms with E-state index in [0.717, 1.165) is 18.6 Å². The number of rotatable bonds is 2. The SMILES string of the molecule is CC(=O)C1(c2ccco2)CC1. The second-order valence-corrected chi connectivity index (χ2v) is 3.12. The van der Waals surface area contributed by atoms with Crippen LogP contribution in [0.25, 0.3) is 0 Å². The summed E-state index contributed by atoms with van der Waals surface area (Å²) in [4.78, 5) is 11.2. The van der Waals surface area contributed by atoms with Gasteiger partial charge in [-0.15, -0.1) is 0 Å². The van der Waals surface area contributed by atoms with Crippen LogP contribution in [0.1, 0.15) is 25.5 Å². The van der Waals surface area contributed by atoms with E-state index in [0.29, 0.717) is 0 Å². The zero-order valence-electron chi connectivity index (χ0n) is 6.46. The highest BCUT2D eigenvalue weighted by Crippen LogP contribution is 2.48. The Hall–Kier alpha value is -1.05. The molecule has 11 heavy (non-hydrogen) atoms. The Morgan fingerprint density at radius 2 is 2.36 bits per heavy atom. The summed E-state index contributed by atoms with van der Waals surface area (Å²) in [5.41, 5.74) is -0.233. The van der Waals surface area contributed by atoms with Gasteiger partial charge in [0, 0.05) is 0 Å². The quantitative estimate of drug-likeness (QED) is 0.644. The van der Waals surface area contributed by atoms with E-state index in [1.54, 1.807) is 13.2 Å². The van der Waals surface area contributed by atoms with Crippen LogP contribution in [-0.2, 0) is 10.2 Å². The monoisotopic (exact) mass is 150 g/mol. The number of ketones is 1. The van der Waals surface area contributed by atoms with Crippen molar-refractivity contribution in [2.45, 2.75) is 25.2 Å². The molecule has 1 saturated carbocycles. The highest BCUT2D eigenvalue weighted by atomic mass is 16.3. The molecule has 1 aliphatic rings. The number of Topliss-reactive ketones (excluding diaryl/α,β-unsaturated/α-hetero) is 1. The van der Waals surface area contributed by atoms with Gasteiger partial charge in [-0.1, -0.05) is 0 Å². The maximum absolute atomic E-state index is 11.2. The lowest BCUT2D eigenvalue weighted by molar-refractivity contribution is -0.119.